The Bertz CT molecular complexity index is 816. The van der Waals surface area contributed by atoms with Crippen molar-refractivity contribution in [2.24, 2.45) is 0 Å². The molecule has 0 fully saturated rings. The van der Waals surface area contributed by atoms with Gasteiger partial charge in [0.2, 0.25) is 10.0 Å². The number of sulfonamides is 1. The molecule has 0 saturated heterocycles. The average Bonchev–Trinajstić information content (AvgIpc) is 2.46. The largest absolute Gasteiger partial charge is 0.242 e. The molecular formula is C14H10ClFN2O2S. The molecule has 0 aliphatic carbocycles. The lowest BCUT2D eigenvalue weighted by Crippen LogP contribution is -2.24. The fourth-order valence-electron chi connectivity index (χ4n) is 1.73. The summed E-state index contributed by atoms with van der Waals surface area (Å²) >= 11 is 5.94. The van der Waals surface area contributed by atoms with E-state index in [4.69, 9.17) is 16.9 Å². The monoisotopic (exact) mass is 324 g/mol. The van der Waals surface area contributed by atoms with Crippen LogP contribution in [-0.2, 0) is 16.6 Å². The van der Waals surface area contributed by atoms with Crippen LogP contribution in [0.15, 0.2) is 47.4 Å². The van der Waals surface area contributed by atoms with Gasteiger partial charge in [-0.05, 0) is 23.8 Å². The Morgan fingerprint density at radius 3 is 2.57 bits per heavy atom. The Balaban J connectivity index is 2.30. The molecule has 0 spiro atoms. The fourth-order valence-corrected chi connectivity index (χ4v) is 3.10. The molecule has 0 amide bonds. The zero-order chi connectivity index (χ0) is 15.5. The summed E-state index contributed by atoms with van der Waals surface area (Å²) in [5, 5.41) is 9.31. The molecule has 0 aliphatic heterocycles. The quantitative estimate of drug-likeness (QED) is 0.940. The minimum atomic E-state index is -4.01. The topological polar surface area (TPSA) is 70.0 Å². The van der Waals surface area contributed by atoms with Crippen LogP contribution in [0.25, 0.3) is 0 Å². The van der Waals surface area contributed by atoms with Gasteiger partial charge in [0.15, 0.2) is 0 Å². The highest BCUT2D eigenvalue weighted by Gasteiger charge is 2.21. The predicted molar refractivity (Wildman–Crippen MR) is 76.6 cm³/mol. The molecule has 0 saturated carbocycles. The van der Waals surface area contributed by atoms with Gasteiger partial charge >= 0.3 is 0 Å². The highest BCUT2D eigenvalue weighted by Crippen LogP contribution is 2.19. The van der Waals surface area contributed by atoms with Crippen molar-refractivity contribution in [2.75, 3.05) is 0 Å². The minimum Gasteiger partial charge on any atom is -0.207 e. The highest BCUT2D eigenvalue weighted by atomic mass is 35.5. The summed E-state index contributed by atoms with van der Waals surface area (Å²) in [7, 11) is -4.01. The van der Waals surface area contributed by atoms with Gasteiger partial charge in [-0.2, -0.15) is 5.26 Å². The molecule has 2 aromatic carbocycles. The Hall–Kier alpha value is -1.94. The number of rotatable bonds is 4. The van der Waals surface area contributed by atoms with Crippen molar-refractivity contribution in [3.63, 3.8) is 0 Å². The lowest BCUT2D eigenvalue weighted by atomic mass is 10.2. The van der Waals surface area contributed by atoms with Crippen molar-refractivity contribution in [1.82, 2.24) is 4.72 Å². The smallest absolute Gasteiger partial charge is 0.207 e. The van der Waals surface area contributed by atoms with Crippen molar-refractivity contribution in [3.8, 4) is 6.07 Å². The molecule has 21 heavy (non-hydrogen) atoms. The maximum absolute atomic E-state index is 13.5. The first-order valence-electron chi connectivity index (χ1n) is 5.87. The van der Waals surface area contributed by atoms with Crippen molar-refractivity contribution in [2.45, 2.75) is 11.4 Å². The van der Waals surface area contributed by atoms with Crippen LogP contribution in [0.2, 0.25) is 5.02 Å². The molecule has 0 bridgehead atoms. The van der Waals surface area contributed by atoms with Gasteiger partial charge in [-0.15, -0.1) is 0 Å². The van der Waals surface area contributed by atoms with E-state index in [9.17, 15) is 12.8 Å². The van der Waals surface area contributed by atoms with Gasteiger partial charge < -0.3 is 0 Å². The Labute approximate surface area is 126 Å². The molecule has 2 aromatic rings. The van der Waals surface area contributed by atoms with E-state index in [0.717, 1.165) is 6.07 Å². The maximum atomic E-state index is 13.5. The van der Waals surface area contributed by atoms with Crippen LogP contribution in [0.3, 0.4) is 0 Å². The lowest BCUT2D eigenvalue weighted by Gasteiger charge is -2.09. The summed E-state index contributed by atoms with van der Waals surface area (Å²) in [6.07, 6.45) is 0. The molecule has 0 atom stereocenters. The number of hydrogen-bond acceptors (Lipinski definition) is 3. The summed E-state index contributed by atoms with van der Waals surface area (Å²) in [4.78, 5) is -0.392. The van der Waals surface area contributed by atoms with Crippen LogP contribution >= 0.6 is 11.6 Å². The first-order valence-corrected chi connectivity index (χ1v) is 7.73. The third-order valence-electron chi connectivity index (χ3n) is 2.79. The van der Waals surface area contributed by atoms with Crippen LogP contribution < -0.4 is 4.72 Å². The van der Waals surface area contributed by atoms with Gasteiger partial charge in [0.25, 0.3) is 0 Å². The summed E-state index contributed by atoms with van der Waals surface area (Å²) in [6, 6.07) is 11.8. The van der Waals surface area contributed by atoms with E-state index in [-0.39, 0.29) is 6.54 Å². The van der Waals surface area contributed by atoms with E-state index in [1.807, 2.05) is 0 Å². The van der Waals surface area contributed by atoms with E-state index in [2.05, 4.69) is 4.72 Å². The molecule has 0 unspecified atom stereocenters. The third kappa shape index (κ3) is 3.39. The molecule has 0 radical (unpaired) electrons. The maximum Gasteiger partial charge on any atom is 0.242 e. The van der Waals surface area contributed by atoms with Gasteiger partial charge in [0.05, 0.1) is 0 Å². The molecule has 0 aromatic heterocycles. The molecule has 4 nitrogen and oxygen atoms in total. The normalized spacial score (nSPS) is 11.1. The molecule has 2 rings (SSSR count). The second-order valence-electron chi connectivity index (χ2n) is 4.14. The number of halogens is 2. The molecular weight excluding hydrogens is 315 g/mol. The highest BCUT2D eigenvalue weighted by molar-refractivity contribution is 7.89. The van der Waals surface area contributed by atoms with Gasteiger partial charge in [-0.3, -0.25) is 0 Å². The minimum absolute atomic E-state index is 0.0522. The van der Waals surface area contributed by atoms with E-state index >= 15 is 0 Å². The molecule has 0 heterocycles. The average molecular weight is 325 g/mol. The number of nitriles is 1. The van der Waals surface area contributed by atoms with Gasteiger partial charge in [-0.25, -0.2) is 17.5 Å². The summed E-state index contributed by atoms with van der Waals surface area (Å²) in [6.45, 7) is -0.0522. The van der Waals surface area contributed by atoms with Crippen LogP contribution in [0.4, 0.5) is 4.39 Å². The van der Waals surface area contributed by atoms with E-state index in [1.54, 1.807) is 30.3 Å². The summed E-state index contributed by atoms with van der Waals surface area (Å²) < 4.78 is 40.1. The number of nitrogens with zero attached hydrogens (tertiary/aromatic N) is 1. The summed E-state index contributed by atoms with van der Waals surface area (Å²) in [5.74, 6) is -0.877. The van der Waals surface area contributed by atoms with E-state index < -0.39 is 26.3 Å². The van der Waals surface area contributed by atoms with Crippen LogP contribution in [0, 0.1) is 17.1 Å². The van der Waals surface area contributed by atoms with Crippen LogP contribution in [0.1, 0.15) is 11.1 Å². The first kappa shape index (κ1) is 15.4. The summed E-state index contributed by atoms with van der Waals surface area (Å²) in [5.41, 5.74) is 0.0711. The van der Waals surface area contributed by atoms with Gasteiger partial charge in [0, 0.05) is 11.6 Å². The van der Waals surface area contributed by atoms with Crippen LogP contribution in [0.5, 0.6) is 0 Å². The third-order valence-corrected chi connectivity index (χ3v) is 4.60. The van der Waals surface area contributed by atoms with E-state index in [0.29, 0.717) is 10.6 Å². The van der Waals surface area contributed by atoms with Gasteiger partial charge in [0.1, 0.15) is 22.3 Å². The van der Waals surface area contributed by atoms with Crippen molar-refractivity contribution < 1.29 is 12.8 Å². The Morgan fingerprint density at radius 1 is 1.19 bits per heavy atom. The molecule has 1 N–H and O–H groups in total. The molecule has 108 valence electrons. The molecule has 0 aliphatic rings. The van der Waals surface area contributed by atoms with Crippen molar-refractivity contribution in [1.29, 1.82) is 5.26 Å². The van der Waals surface area contributed by atoms with Crippen molar-refractivity contribution in [3.05, 3.63) is 64.4 Å². The Morgan fingerprint density at radius 2 is 1.90 bits per heavy atom. The number of hydrogen-bond donors (Lipinski definition) is 1. The zero-order valence-corrected chi connectivity index (χ0v) is 12.2. The fraction of sp³-hybridized carbons (Fsp3) is 0.0714. The second kappa shape index (κ2) is 6.22. The first-order chi connectivity index (χ1) is 9.95. The predicted octanol–water partition coefficient (Wildman–Crippen LogP) is 2.83. The van der Waals surface area contributed by atoms with Crippen molar-refractivity contribution >= 4 is 21.6 Å². The van der Waals surface area contributed by atoms with Gasteiger partial charge in [-0.1, -0.05) is 35.9 Å². The second-order valence-corrected chi connectivity index (χ2v) is 6.28. The molecule has 7 heteroatoms. The van der Waals surface area contributed by atoms with Crippen LogP contribution in [-0.4, -0.2) is 8.42 Å². The SMILES string of the molecule is N#Cc1c(F)cccc1S(=O)(=O)NCc1ccccc1Cl. The number of benzene rings is 2. The lowest BCUT2D eigenvalue weighted by molar-refractivity contribution is 0.576. The zero-order valence-electron chi connectivity index (χ0n) is 10.7. The van der Waals surface area contributed by atoms with E-state index in [1.165, 1.54) is 12.1 Å². The Kier molecular flexibility index (Phi) is 4.58. The number of nitrogens with one attached hydrogen (secondary N) is 1. The standard InChI is InChI=1S/C14H10ClFN2O2S/c15-12-5-2-1-4-10(12)9-18-21(19,20)14-7-3-6-13(16)11(14)8-17/h1-7,18H,9H2.